The fraction of sp³-hybridized carbons (Fsp3) is 0. The number of rotatable bonds is 0. The van der Waals surface area contributed by atoms with Gasteiger partial charge >= 0.3 is 0 Å². The molecule has 0 aliphatic carbocycles. The van der Waals surface area contributed by atoms with Crippen molar-refractivity contribution in [2.24, 2.45) is 0 Å². The van der Waals surface area contributed by atoms with E-state index in [1.807, 2.05) is 0 Å². The van der Waals surface area contributed by atoms with E-state index in [4.69, 9.17) is 0 Å². The van der Waals surface area contributed by atoms with Crippen molar-refractivity contribution in [1.82, 2.24) is 0 Å². The number of hydrogen-bond acceptors (Lipinski definition) is 0. The fourth-order valence-electron chi connectivity index (χ4n) is 0.385. The van der Waals surface area contributed by atoms with E-state index in [1.54, 1.807) is 0 Å². The molecule has 1 radical (unpaired) electrons. The standard InChI is InChI=1S/C5H6Si.V/c1-2-4-6-5-3-1;/h1-6H;. The van der Waals surface area contributed by atoms with Gasteiger partial charge in [0.1, 0.15) is 0 Å². The van der Waals surface area contributed by atoms with E-state index in [1.165, 1.54) is 0 Å². The van der Waals surface area contributed by atoms with Crippen molar-refractivity contribution in [2.45, 2.75) is 0 Å². The van der Waals surface area contributed by atoms with Crippen LogP contribution in [0, 0.1) is 0 Å². The summed E-state index contributed by atoms with van der Waals surface area (Å²) < 4.78 is 0. The van der Waals surface area contributed by atoms with Gasteiger partial charge in [0.2, 0.25) is 0 Å². The smallest absolute Gasteiger partial charge is 0.0198 e. The molecule has 1 aromatic heterocycles. The molecule has 0 spiro atoms. The molecule has 2 heteroatoms. The van der Waals surface area contributed by atoms with Crippen molar-refractivity contribution in [3.05, 3.63) is 29.6 Å². The largest absolute Gasteiger partial charge is 0.0805 e. The zero-order valence-electron chi connectivity index (χ0n) is 3.91. The quantitative estimate of drug-likeness (QED) is 0.473. The minimum absolute atomic E-state index is 0. The molecule has 1 rings (SSSR count). The first-order valence-corrected chi connectivity index (χ1v) is 3.33. The maximum absolute atomic E-state index is 2.21. The van der Waals surface area contributed by atoms with Gasteiger partial charge in [-0.1, -0.05) is 29.6 Å². The van der Waals surface area contributed by atoms with Gasteiger partial charge in [0, 0.05) is 27.7 Å². The third kappa shape index (κ3) is 2.80. The van der Waals surface area contributed by atoms with E-state index in [2.05, 4.69) is 29.6 Å². The van der Waals surface area contributed by atoms with Gasteiger partial charge in [-0.05, 0) is 0 Å². The van der Waals surface area contributed by atoms with E-state index < -0.39 is 0 Å². The molecule has 0 amide bonds. The summed E-state index contributed by atoms with van der Waals surface area (Å²) in [5, 5.41) is 0. The third-order valence-corrected chi connectivity index (χ3v) is 1.56. The van der Waals surface area contributed by atoms with Gasteiger partial charge < -0.3 is 0 Å². The van der Waals surface area contributed by atoms with Gasteiger partial charge in [-0.25, -0.2) is 0 Å². The Morgan fingerprint density at radius 2 is 1.43 bits per heavy atom. The van der Waals surface area contributed by atoms with Crippen LogP contribution in [0.2, 0.25) is 0 Å². The summed E-state index contributed by atoms with van der Waals surface area (Å²) in [6.07, 6.45) is 0. The van der Waals surface area contributed by atoms with Crippen LogP contribution in [0.25, 0.3) is 0 Å². The molecule has 0 saturated heterocycles. The van der Waals surface area contributed by atoms with Crippen LogP contribution in [0.15, 0.2) is 29.6 Å². The molecule has 35 valence electrons. The zero-order valence-corrected chi connectivity index (χ0v) is 6.46. The minimum atomic E-state index is 0. The molecule has 0 fully saturated rings. The monoisotopic (exact) mass is 145 g/mol. The molecule has 0 aliphatic heterocycles. The Bertz CT molecular complexity index is 80.0. The molecular weight excluding hydrogens is 139 g/mol. The molecule has 0 unspecified atom stereocenters. The van der Waals surface area contributed by atoms with Crippen molar-refractivity contribution in [1.29, 1.82) is 0 Å². The van der Waals surface area contributed by atoms with E-state index in [0.29, 0.717) is 9.12 Å². The maximum Gasteiger partial charge on any atom is 0.0198 e. The van der Waals surface area contributed by atoms with Crippen LogP contribution in [0.1, 0.15) is 0 Å². The van der Waals surface area contributed by atoms with Gasteiger partial charge in [-0.15, -0.1) is 0 Å². The van der Waals surface area contributed by atoms with Gasteiger partial charge in [0.15, 0.2) is 0 Å². The molecular formula is C5H6SiV. The Morgan fingerprint density at radius 1 is 0.857 bits per heavy atom. The van der Waals surface area contributed by atoms with Crippen LogP contribution in [-0.2, 0) is 18.6 Å². The van der Waals surface area contributed by atoms with Crippen LogP contribution >= 0.6 is 0 Å². The molecule has 1 heterocycles. The van der Waals surface area contributed by atoms with E-state index in [-0.39, 0.29) is 18.6 Å². The Balaban J connectivity index is 0.000000360. The molecule has 0 aliphatic rings. The molecule has 0 bridgehead atoms. The van der Waals surface area contributed by atoms with Gasteiger partial charge in [-0.2, -0.15) is 0 Å². The first-order chi connectivity index (χ1) is 3.00. The van der Waals surface area contributed by atoms with Gasteiger partial charge in [-0.3, -0.25) is 0 Å². The van der Waals surface area contributed by atoms with Crippen LogP contribution in [0.5, 0.6) is 0 Å². The average molecular weight is 145 g/mol. The molecule has 7 heavy (non-hydrogen) atoms. The summed E-state index contributed by atoms with van der Waals surface area (Å²) in [6, 6.07) is 6.24. The number of hydrogen-bond donors (Lipinski definition) is 0. The molecule has 0 aromatic carbocycles. The second kappa shape index (κ2) is 4.31. The van der Waals surface area contributed by atoms with Crippen LogP contribution in [-0.4, -0.2) is 9.12 Å². The van der Waals surface area contributed by atoms with Crippen LogP contribution in [0.3, 0.4) is 0 Å². The Hall–Kier alpha value is 0.151. The summed E-state index contributed by atoms with van der Waals surface area (Å²) in [5.74, 6) is 0. The fourth-order valence-corrected chi connectivity index (χ4v) is 1.03. The predicted octanol–water partition coefficient (Wildman–Crippen LogP) is 0.754. The summed E-state index contributed by atoms with van der Waals surface area (Å²) >= 11 is 0. The van der Waals surface area contributed by atoms with Crippen molar-refractivity contribution in [2.75, 3.05) is 0 Å². The molecule has 1 aromatic rings. The molecule has 0 atom stereocenters. The normalized spacial score (nSPS) is 6.86. The first-order valence-electron chi connectivity index (χ1n) is 2.00. The summed E-state index contributed by atoms with van der Waals surface area (Å²) in [6.45, 7) is 0. The zero-order chi connectivity index (χ0) is 4.24. The summed E-state index contributed by atoms with van der Waals surface area (Å²) in [4.78, 5) is 0. The third-order valence-electron chi connectivity index (χ3n) is 0.667. The average Bonchev–Trinajstić information content (AvgIpc) is 1.72. The Labute approximate surface area is 57.6 Å². The van der Waals surface area contributed by atoms with E-state index in [9.17, 15) is 0 Å². The minimum Gasteiger partial charge on any atom is -0.0805 e. The predicted molar refractivity (Wildman–Crippen MR) is 29.2 cm³/mol. The second-order valence-electron chi connectivity index (χ2n) is 1.15. The van der Waals surface area contributed by atoms with E-state index >= 15 is 0 Å². The SMILES string of the molecule is [V].c1cc[siH]cc1. The van der Waals surface area contributed by atoms with Crippen molar-refractivity contribution < 1.29 is 18.6 Å². The molecule has 0 N–H and O–H groups in total. The molecule has 0 nitrogen and oxygen atoms in total. The topological polar surface area (TPSA) is 0 Å². The maximum atomic E-state index is 2.21. The summed E-state index contributed by atoms with van der Waals surface area (Å²) in [7, 11) is 0.513. The van der Waals surface area contributed by atoms with Crippen molar-refractivity contribution in [3.8, 4) is 0 Å². The second-order valence-corrected chi connectivity index (χ2v) is 2.31. The van der Waals surface area contributed by atoms with Crippen LogP contribution in [0.4, 0.5) is 0 Å². The summed E-state index contributed by atoms with van der Waals surface area (Å²) in [5.41, 5.74) is 4.42. The van der Waals surface area contributed by atoms with Gasteiger partial charge in [0.25, 0.3) is 0 Å². The van der Waals surface area contributed by atoms with Crippen molar-refractivity contribution in [3.63, 3.8) is 0 Å². The van der Waals surface area contributed by atoms with E-state index in [0.717, 1.165) is 0 Å². The first kappa shape index (κ1) is 7.15. The van der Waals surface area contributed by atoms with Crippen LogP contribution < -0.4 is 0 Å². The Morgan fingerprint density at radius 3 is 1.57 bits per heavy atom. The van der Waals surface area contributed by atoms with Crippen molar-refractivity contribution >= 4 is 9.12 Å². The Kier molecular flexibility index (Phi) is 4.41. The van der Waals surface area contributed by atoms with Gasteiger partial charge in [0.05, 0.1) is 0 Å². The molecule has 0 saturated carbocycles.